The minimum atomic E-state index is -0.408. The van der Waals surface area contributed by atoms with Gasteiger partial charge in [0.1, 0.15) is 0 Å². The fraction of sp³-hybridized carbons (Fsp3) is 0.231. The predicted molar refractivity (Wildman–Crippen MR) is 64.1 cm³/mol. The van der Waals surface area contributed by atoms with Gasteiger partial charge < -0.3 is 10.3 Å². The molecule has 1 aromatic carbocycles. The third kappa shape index (κ3) is 1.93. The molecule has 86 valence electrons. The summed E-state index contributed by atoms with van der Waals surface area (Å²) in [4.78, 5) is 15.5. The molecule has 1 aromatic heterocycles. The molecule has 1 aliphatic carbocycles. The first-order valence-electron chi connectivity index (χ1n) is 5.68. The number of imidazole rings is 1. The van der Waals surface area contributed by atoms with E-state index < -0.39 is 5.91 Å². The first-order valence-corrected chi connectivity index (χ1v) is 5.68. The minimum Gasteiger partial charge on any atom is -0.366 e. The van der Waals surface area contributed by atoms with Crippen LogP contribution >= 0.6 is 0 Å². The van der Waals surface area contributed by atoms with Gasteiger partial charge in [0, 0.05) is 23.4 Å². The monoisotopic (exact) mass is 227 g/mol. The Balaban J connectivity index is 1.96. The fourth-order valence-corrected chi connectivity index (χ4v) is 1.89. The van der Waals surface area contributed by atoms with E-state index in [-0.39, 0.29) is 0 Å². The number of carbonyl (C=O) groups excluding carboxylic acids is 1. The molecule has 4 heteroatoms. The highest BCUT2D eigenvalue weighted by molar-refractivity contribution is 5.93. The van der Waals surface area contributed by atoms with Crippen LogP contribution in [0.2, 0.25) is 0 Å². The standard InChI is InChI=1S/C13H13N3O/c14-13(17)10-2-1-3-11(6-10)16-7-12(15-8-16)9-4-5-9/h1-3,6-9H,4-5H2,(H2,14,17). The van der Waals surface area contributed by atoms with Crippen LogP contribution in [0, 0.1) is 0 Å². The Morgan fingerprint density at radius 1 is 1.41 bits per heavy atom. The van der Waals surface area contributed by atoms with Crippen LogP contribution in [0.3, 0.4) is 0 Å². The normalized spacial score (nSPS) is 14.8. The van der Waals surface area contributed by atoms with Crippen molar-refractivity contribution in [3.8, 4) is 5.69 Å². The summed E-state index contributed by atoms with van der Waals surface area (Å²) in [6.45, 7) is 0. The molecule has 0 bridgehead atoms. The zero-order valence-corrected chi connectivity index (χ0v) is 9.34. The van der Waals surface area contributed by atoms with E-state index in [0.717, 1.165) is 11.4 Å². The number of nitrogens with zero attached hydrogens (tertiary/aromatic N) is 2. The third-order valence-electron chi connectivity index (χ3n) is 3.03. The van der Waals surface area contributed by atoms with Gasteiger partial charge in [0.05, 0.1) is 12.0 Å². The van der Waals surface area contributed by atoms with Gasteiger partial charge in [-0.1, -0.05) is 6.07 Å². The molecule has 3 rings (SSSR count). The average Bonchev–Trinajstić information content (AvgIpc) is 3.07. The number of benzene rings is 1. The van der Waals surface area contributed by atoms with E-state index >= 15 is 0 Å². The molecule has 0 saturated heterocycles. The van der Waals surface area contributed by atoms with E-state index in [1.165, 1.54) is 12.8 Å². The molecule has 1 heterocycles. The van der Waals surface area contributed by atoms with Crippen molar-refractivity contribution in [2.45, 2.75) is 18.8 Å². The first-order chi connectivity index (χ1) is 8.24. The molecule has 1 aliphatic rings. The van der Waals surface area contributed by atoms with Crippen LogP contribution < -0.4 is 5.73 Å². The van der Waals surface area contributed by atoms with Crippen LogP contribution in [0.25, 0.3) is 5.69 Å². The summed E-state index contributed by atoms with van der Waals surface area (Å²) in [7, 11) is 0. The molecule has 0 atom stereocenters. The summed E-state index contributed by atoms with van der Waals surface area (Å²) in [6, 6.07) is 7.25. The molecule has 2 N–H and O–H groups in total. The van der Waals surface area contributed by atoms with Gasteiger partial charge in [0.15, 0.2) is 0 Å². The number of aromatic nitrogens is 2. The van der Waals surface area contributed by atoms with Crippen LogP contribution in [0.4, 0.5) is 0 Å². The molecule has 0 unspecified atom stereocenters. The Morgan fingerprint density at radius 2 is 2.24 bits per heavy atom. The van der Waals surface area contributed by atoms with Crippen molar-refractivity contribution in [3.05, 3.63) is 48.0 Å². The topological polar surface area (TPSA) is 60.9 Å². The number of nitrogens with two attached hydrogens (primary N) is 1. The molecule has 4 nitrogen and oxygen atoms in total. The molecule has 1 saturated carbocycles. The number of carbonyl (C=O) groups is 1. The highest BCUT2D eigenvalue weighted by Crippen LogP contribution is 2.39. The third-order valence-corrected chi connectivity index (χ3v) is 3.03. The Kier molecular flexibility index (Phi) is 2.21. The molecule has 0 aliphatic heterocycles. The quantitative estimate of drug-likeness (QED) is 0.869. The van der Waals surface area contributed by atoms with Gasteiger partial charge >= 0.3 is 0 Å². The smallest absolute Gasteiger partial charge is 0.248 e. The zero-order chi connectivity index (χ0) is 11.8. The maximum absolute atomic E-state index is 11.1. The second kappa shape index (κ2) is 3.73. The van der Waals surface area contributed by atoms with Crippen LogP contribution in [0.5, 0.6) is 0 Å². The van der Waals surface area contributed by atoms with Gasteiger partial charge in [-0.05, 0) is 31.0 Å². The molecular formula is C13H13N3O. The summed E-state index contributed by atoms with van der Waals surface area (Å²) >= 11 is 0. The van der Waals surface area contributed by atoms with Crippen molar-refractivity contribution in [1.82, 2.24) is 9.55 Å². The van der Waals surface area contributed by atoms with Gasteiger partial charge in [-0.3, -0.25) is 4.79 Å². The number of amides is 1. The van der Waals surface area contributed by atoms with E-state index in [4.69, 9.17) is 5.73 Å². The SMILES string of the molecule is NC(=O)c1cccc(-n2cnc(C3CC3)c2)c1. The molecule has 0 spiro atoms. The largest absolute Gasteiger partial charge is 0.366 e. The summed E-state index contributed by atoms with van der Waals surface area (Å²) in [5, 5.41) is 0. The molecule has 1 amide bonds. The summed E-state index contributed by atoms with van der Waals surface area (Å²) in [6.07, 6.45) is 6.28. The Morgan fingerprint density at radius 3 is 2.94 bits per heavy atom. The second-order valence-electron chi connectivity index (χ2n) is 4.39. The molecule has 17 heavy (non-hydrogen) atoms. The van der Waals surface area contributed by atoms with Crippen molar-refractivity contribution in [2.24, 2.45) is 5.73 Å². The van der Waals surface area contributed by atoms with Gasteiger partial charge in [0.2, 0.25) is 5.91 Å². The Hall–Kier alpha value is -2.10. The van der Waals surface area contributed by atoms with E-state index in [1.54, 1.807) is 18.5 Å². The number of hydrogen-bond acceptors (Lipinski definition) is 2. The number of primary amides is 1. The van der Waals surface area contributed by atoms with E-state index in [1.807, 2.05) is 22.9 Å². The van der Waals surface area contributed by atoms with E-state index in [9.17, 15) is 4.79 Å². The van der Waals surface area contributed by atoms with Crippen molar-refractivity contribution < 1.29 is 4.79 Å². The highest BCUT2D eigenvalue weighted by atomic mass is 16.1. The summed E-state index contributed by atoms with van der Waals surface area (Å²) < 4.78 is 1.93. The number of hydrogen-bond donors (Lipinski definition) is 1. The van der Waals surface area contributed by atoms with Crippen LogP contribution in [-0.2, 0) is 0 Å². The maximum atomic E-state index is 11.1. The second-order valence-corrected chi connectivity index (χ2v) is 4.39. The van der Waals surface area contributed by atoms with Gasteiger partial charge in [-0.25, -0.2) is 4.98 Å². The highest BCUT2D eigenvalue weighted by Gasteiger charge is 2.25. The van der Waals surface area contributed by atoms with Crippen molar-refractivity contribution in [3.63, 3.8) is 0 Å². The minimum absolute atomic E-state index is 0.408. The molecule has 1 fully saturated rings. The molecule has 2 aromatic rings. The van der Waals surface area contributed by atoms with Gasteiger partial charge in [-0.15, -0.1) is 0 Å². The molecule has 0 radical (unpaired) electrons. The number of rotatable bonds is 3. The molecular weight excluding hydrogens is 214 g/mol. The van der Waals surface area contributed by atoms with E-state index in [2.05, 4.69) is 4.98 Å². The predicted octanol–water partition coefficient (Wildman–Crippen LogP) is 1.85. The Bertz CT molecular complexity index is 570. The van der Waals surface area contributed by atoms with Crippen molar-refractivity contribution in [2.75, 3.05) is 0 Å². The lowest BCUT2D eigenvalue weighted by Gasteiger charge is -2.03. The zero-order valence-electron chi connectivity index (χ0n) is 9.34. The van der Waals surface area contributed by atoms with Gasteiger partial charge in [0.25, 0.3) is 0 Å². The van der Waals surface area contributed by atoms with Gasteiger partial charge in [-0.2, -0.15) is 0 Å². The fourth-order valence-electron chi connectivity index (χ4n) is 1.89. The van der Waals surface area contributed by atoms with E-state index in [0.29, 0.717) is 11.5 Å². The van der Waals surface area contributed by atoms with Crippen molar-refractivity contribution >= 4 is 5.91 Å². The summed E-state index contributed by atoms with van der Waals surface area (Å²) in [5.41, 5.74) is 7.83. The maximum Gasteiger partial charge on any atom is 0.248 e. The van der Waals surface area contributed by atoms with Crippen LogP contribution in [-0.4, -0.2) is 15.5 Å². The summed E-state index contributed by atoms with van der Waals surface area (Å²) in [5.74, 6) is 0.227. The van der Waals surface area contributed by atoms with Crippen molar-refractivity contribution in [1.29, 1.82) is 0 Å². The lowest BCUT2D eigenvalue weighted by atomic mass is 10.2. The van der Waals surface area contributed by atoms with Crippen LogP contribution in [0.15, 0.2) is 36.8 Å². The lowest BCUT2D eigenvalue weighted by Crippen LogP contribution is -2.11. The first kappa shape index (κ1) is 10.1. The lowest BCUT2D eigenvalue weighted by molar-refractivity contribution is 0.100. The van der Waals surface area contributed by atoms with Crippen LogP contribution in [0.1, 0.15) is 34.8 Å². The Labute approximate surface area is 99.1 Å². The average molecular weight is 227 g/mol.